The lowest BCUT2D eigenvalue weighted by molar-refractivity contribution is -0.130. The molecule has 7 heteroatoms. The summed E-state index contributed by atoms with van der Waals surface area (Å²) in [6.45, 7) is 1.46. The fraction of sp³-hybridized carbons (Fsp3) is 0.500. The van der Waals surface area contributed by atoms with E-state index in [4.69, 9.17) is 4.74 Å². The molecule has 1 aliphatic heterocycles. The molecule has 23 heavy (non-hydrogen) atoms. The van der Waals surface area contributed by atoms with Gasteiger partial charge in [0.05, 0.1) is 25.0 Å². The summed E-state index contributed by atoms with van der Waals surface area (Å²) >= 11 is 0. The maximum Gasteiger partial charge on any atom is 0.227 e. The van der Waals surface area contributed by atoms with E-state index in [1.165, 1.54) is 18.9 Å². The van der Waals surface area contributed by atoms with Gasteiger partial charge in [0, 0.05) is 24.2 Å². The highest BCUT2D eigenvalue weighted by molar-refractivity contribution is 7.91. The zero-order valence-electron chi connectivity index (χ0n) is 13.5. The Morgan fingerprint density at radius 3 is 2.57 bits per heavy atom. The number of benzene rings is 1. The SMILES string of the molecule is COc1ccc(C(C)=O)cc1CC(=O)N(C)[C@H]1CCS(=O)(=O)C1. The third-order valence-electron chi connectivity index (χ3n) is 4.18. The zero-order chi connectivity index (χ0) is 17.2. The van der Waals surface area contributed by atoms with Gasteiger partial charge in [0.2, 0.25) is 5.91 Å². The molecule has 1 amide bonds. The highest BCUT2D eigenvalue weighted by Crippen LogP contribution is 2.23. The first kappa shape index (κ1) is 17.5. The molecule has 0 N–H and O–H groups in total. The maximum atomic E-state index is 12.5. The van der Waals surface area contributed by atoms with E-state index in [0.29, 0.717) is 23.3 Å². The van der Waals surface area contributed by atoms with Gasteiger partial charge in [-0.15, -0.1) is 0 Å². The molecule has 1 aromatic carbocycles. The number of likely N-dealkylation sites (N-methyl/N-ethyl adjacent to an activating group) is 1. The fourth-order valence-electron chi connectivity index (χ4n) is 2.71. The summed E-state index contributed by atoms with van der Waals surface area (Å²) < 4.78 is 28.3. The normalized spacial score (nSPS) is 19.3. The molecule has 0 radical (unpaired) electrons. The van der Waals surface area contributed by atoms with Crippen molar-refractivity contribution < 1.29 is 22.7 Å². The number of Topliss-reactive ketones (excluding diaryl/α,β-unsaturated/α-hetero) is 1. The summed E-state index contributed by atoms with van der Waals surface area (Å²) in [7, 11) is 0.0833. The molecular weight excluding hydrogens is 318 g/mol. The van der Waals surface area contributed by atoms with Crippen LogP contribution in [0.15, 0.2) is 18.2 Å². The number of nitrogens with zero attached hydrogens (tertiary/aromatic N) is 1. The molecule has 1 saturated heterocycles. The van der Waals surface area contributed by atoms with Gasteiger partial charge in [-0.3, -0.25) is 9.59 Å². The molecule has 0 aromatic heterocycles. The van der Waals surface area contributed by atoms with E-state index in [-0.39, 0.29) is 35.7 Å². The summed E-state index contributed by atoms with van der Waals surface area (Å²) in [5.41, 5.74) is 1.14. The average molecular weight is 339 g/mol. The van der Waals surface area contributed by atoms with Crippen LogP contribution in [-0.2, 0) is 21.1 Å². The summed E-state index contributed by atoms with van der Waals surface area (Å²) in [4.78, 5) is 25.4. The Morgan fingerprint density at radius 1 is 1.35 bits per heavy atom. The lowest BCUT2D eigenvalue weighted by Gasteiger charge is -2.24. The lowest BCUT2D eigenvalue weighted by Crippen LogP contribution is -2.38. The van der Waals surface area contributed by atoms with Crippen LogP contribution in [0.4, 0.5) is 0 Å². The van der Waals surface area contributed by atoms with Gasteiger partial charge in [-0.1, -0.05) is 0 Å². The fourth-order valence-corrected chi connectivity index (χ4v) is 4.48. The molecule has 6 nitrogen and oxygen atoms in total. The van der Waals surface area contributed by atoms with Crippen molar-refractivity contribution in [2.24, 2.45) is 0 Å². The number of sulfone groups is 1. The Bertz CT molecular complexity index is 726. The predicted molar refractivity (Wildman–Crippen MR) is 86.5 cm³/mol. The molecule has 1 aliphatic rings. The third-order valence-corrected chi connectivity index (χ3v) is 5.93. The van der Waals surface area contributed by atoms with Crippen LogP contribution in [0.3, 0.4) is 0 Å². The Kier molecular flexibility index (Phi) is 5.09. The maximum absolute atomic E-state index is 12.5. The van der Waals surface area contributed by atoms with E-state index in [1.54, 1.807) is 25.2 Å². The first-order valence-electron chi connectivity index (χ1n) is 7.37. The molecule has 1 atom stereocenters. The van der Waals surface area contributed by atoms with Crippen molar-refractivity contribution in [2.45, 2.75) is 25.8 Å². The largest absolute Gasteiger partial charge is 0.496 e. The van der Waals surface area contributed by atoms with Crippen molar-refractivity contribution in [3.8, 4) is 5.75 Å². The molecule has 0 saturated carbocycles. The minimum atomic E-state index is -3.04. The third kappa shape index (κ3) is 4.10. The summed E-state index contributed by atoms with van der Waals surface area (Å²) in [5, 5.41) is 0. The monoisotopic (exact) mass is 339 g/mol. The second-order valence-electron chi connectivity index (χ2n) is 5.82. The average Bonchev–Trinajstić information content (AvgIpc) is 2.86. The number of hydrogen-bond acceptors (Lipinski definition) is 5. The quantitative estimate of drug-likeness (QED) is 0.750. The molecular formula is C16H21NO5S. The minimum Gasteiger partial charge on any atom is -0.496 e. The van der Waals surface area contributed by atoms with E-state index < -0.39 is 9.84 Å². The number of ether oxygens (including phenoxy) is 1. The second-order valence-corrected chi connectivity index (χ2v) is 8.05. The van der Waals surface area contributed by atoms with Crippen LogP contribution < -0.4 is 4.74 Å². The highest BCUT2D eigenvalue weighted by atomic mass is 32.2. The first-order chi connectivity index (χ1) is 10.7. The van der Waals surface area contributed by atoms with E-state index >= 15 is 0 Å². The van der Waals surface area contributed by atoms with Crippen LogP contribution in [-0.4, -0.2) is 56.7 Å². The zero-order valence-corrected chi connectivity index (χ0v) is 14.4. The summed E-state index contributed by atoms with van der Waals surface area (Å²) in [5.74, 6) is 0.400. The number of carbonyl (C=O) groups excluding carboxylic acids is 2. The van der Waals surface area contributed by atoms with Gasteiger partial charge in [0.15, 0.2) is 15.6 Å². The Hall–Kier alpha value is -1.89. The smallest absolute Gasteiger partial charge is 0.227 e. The van der Waals surface area contributed by atoms with Crippen LogP contribution in [0.25, 0.3) is 0 Å². The Morgan fingerprint density at radius 2 is 2.04 bits per heavy atom. The van der Waals surface area contributed by atoms with Crippen molar-refractivity contribution >= 4 is 21.5 Å². The van der Waals surface area contributed by atoms with Crippen LogP contribution in [0.5, 0.6) is 5.75 Å². The molecule has 0 bridgehead atoms. The molecule has 0 unspecified atom stereocenters. The molecule has 0 spiro atoms. The summed E-state index contributed by atoms with van der Waals surface area (Å²) in [6, 6.07) is 4.69. The van der Waals surface area contributed by atoms with Gasteiger partial charge in [-0.05, 0) is 31.5 Å². The van der Waals surface area contributed by atoms with Crippen molar-refractivity contribution in [3.05, 3.63) is 29.3 Å². The van der Waals surface area contributed by atoms with E-state index in [9.17, 15) is 18.0 Å². The lowest BCUT2D eigenvalue weighted by atomic mass is 10.0. The van der Waals surface area contributed by atoms with E-state index in [2.05, 4.69) is 0 Å². The highest BCUT2D eigenvalue weighted by Gasteiger charge is 2.32. The van der Waals surface area contributed by atoms with Crippen LogP contribution in [0.1, 0.15) is 29.3 Å². The number of ketones is 1. The van der Waals surface area contributed by atoms with Gasteiger partial charge < -0.3 is 9.64 Å². The second kappa shape index (κ2) is 6.70. The number of rotatable bonds is 5. The van der Waals surface area contributed by atoms with Crippen molar-refractivity contribution in [2.75, 3.05) is 25.7 Å². The van der Waals surface area contributed by atoms with Gasteiger partial charge in [-0.25, -0.2) is 8.42 Å². The number of methoxy groups -OCH3 is 1. The molecule has 126 valence electrons. The van der Waals surface area contributed by atoms with Crippen LogP contribution in [0.2, 0.25) is 0 Å². The summed E-state index contributed by atoms with van der Waals surface area (Å²) in [6.07, 6.45) is 0.534. The Balaban J connectivity index is 2.16. The standard InChI is InChI=1S/C16H21NO5S/c1-11(18)12-4-5-15(22-3)13(8-12)9-16(19)17(2)14-6-7-23(20,21)10-14/h4-5,8,14H,6-7,9-10H2,1-3H3/t14-/m0/s1. The van der Waals surface area contributed by atoms with Crippen LogP contribution in [0, 0.1) is 0 Å². The molecule has 1 fully saturated rings. The minimum absolute atomic E-state index is 0.0138. The topological polar surface area (TPSA) is 80.8 Å². The van der Waals surface area contributed by atoms with Crippen molar-refractivity contribution in [1.82, 2.24) is 4.90 Å². The van der Waals surface area contributed by atoms with Gasteiger partial charge in [0.25, 0.3) is 0 Å². The molecule has 1 heterocycles. The Labute approximate surface area is 136 Å². The number of amides is 1. The number of carbonyl (C=O) groups is 2. The van der Waals surface area contributed by atoms with Gasteiger partial charge >= 0.3 is 0 Å². The first-order valence-corrected chi connectivity index (χ1v) is 9.19. The molecule has 1 aromatic rings. The number of hydrogen-bond donors (Lipinski definition) is 0. The van der Waals surface area contributed by atoms with Crippen LogP contribution >= 0.6 is 0 Å². The van der Waals surface area contributed by atoms with Gasteiger partial charge in [-0.2, -0.15) is 0 Å². The van der Waals surface area contributed by atoms with Crippen molar-refractivity contribution in [3.63, 3.8) is 0 Å². The molecule has 0 aliphatic carbocycles. The van der Waals surface area contributed by atoms with Gasteiger partial charge in [0.1, 0.15) is 5.75 Å². The van der Waals surface area contributed by atoms with E-state index in [0.717, 1.165) is 0 Å². The van der Waals surface area contributed by atoms with E-state index in [1.807, 2.05) is 0 Å². The predicted octanol–water partition coefficient (Wildman–Crippen LogP) is 1.09. The molecule has 2 rings (SSSR count). The van der Waals surface area contributed by atoms with Crippen molar-refractivity contribution in [1.29, 1.82) is 0 Å².